The van der Waals surface area contributed by atoms with Crippen molar-refractivity contribution >= 4 is 0 Å². The Balaban J connectivity index is 2.55. The summed E-state index contributed by atoms with van der Waals surface area (Å²) in [6, 6.07) is 8.58. The Morgan fingerprint density at radius 2 is 2.08 bits per heavy atom. The summed E-state index contributed by atoms with van der Waals surface area (Å²) in [6.45, 7) is 4.42. The summed E-state index contributed by atoms with van der Waals surface area (Å²) in [5.41, 5.74) is 8.93. The lowest BCUT2D eigenvalue weighted by atomic mass is 9.74. The van der Waals surface area contributed by atoms with E-state index in [2.05, 4.69) is 38.1 Å². The third-order valence-corrected chi connectivity index (χ3v) is 3.20. The molecule has 70 valence electrons. The third kappa shape index (κ3) is 1.37. The Kier molecular flexibility index (Phi) is 1.92. The topological polar surface area (TPSA) is 26.0 Å². The van der Waals surface area contributed by atoms with Gasteiger partial charge in [0.2, 0.25) is 0 Å². The summed E-state index contributed by atoms with van der Waals surface area (Å²) in [5.74, 6) is 0.674. The molecule has 0 spiro atoms. The van der Waals surface area contributed by atoms with E-state index >= 15 is 0 Å². The molecule has 1 aromatic rings. The first-order valence-corrected chi connectivity index (χ1v) is 4.99. The van der Waals surface area contributed by atoms with Gasteiger partial charge in [0.05, 0.1) is 0 Å². The van der Waals surface area contributed by atoms with E-state index in [0.29, 0.717) is 5.92 Å². The van der Waals surface area contributed by atoms with Crippen LogP contribution in [0.5, 0.6) is 0 Å². The molecule has 0 saturated carbocycles. The fraction of sp³-hybridized carbons (Fsp3) is 0.500. The molecule has 0 radical (unpaired) electrons. The minimum atomic E-state index is -0.108. The van der Waals surface area contributed by atoms with Gasteiger partial charge in [-0.2, -0.15) is 0 Å². The van der Waals surface area contributed by atoms with E-state index in [1.165, 1.54) is 17.5 Å². The number of hydrogen-bond donors (Lipinski definition) is 1. The van der Waals surface area contributed by atoms with E-state index in [1.54, 1.807) is 0 Å². The van der Waals surface area contributed by atoms with Crippen molar-refractivity contribution in [1.82, 2.24) is 0 Å². The number of hydrogen-bond acceptors (Lipinski definition) is 1. The normalized spacial score (nSPS) is 32.7. The molecular weight excluding hydrogens is 158 g/mol. The Morgan fingerprint density at radius 1 is 1.38 bits per heavy atom. The van der Waals surface area contributed by atoms with Crippen LogP contribution in [0, 0.1) is 0 Å². The summed E-state index contributed by atoms with van der Waals surface area (Å²) in [4.78, 5) is 0. The van der Waals surface area contributed by atoms with Crippen LogP contribution < -0.4 is 5.73 Å². The standard InChI is InChI=1S/C12H17N/c1-9-7-8-12(2,13)11-6-4-3-5-10(9)11/h3-6,9H,7-8,13H2,1-2H3. The molecule has 0 aliphatic heterocycles. The minimum Gasteiger partial charge on any atom is -0.322 e. The zero-order valence-electron chi connectivity index (χ0n) is 8.38. The molecular formula is C12H17N. The zero-order valence-corrected chi connectivity index (χ0v) is 8.38. The molecule has 0 amide bonds. The van der Waals surface area contributed by atoms with Crippen LogP contribution in [0.2, 0.25) is 0 Å². The van der Waals surface area contributed by atoms with Crippen LogP contribution in [0.15, 0.2) is 24.3 Å². The highest BCUT2D eigenvalue weighted by Crippen LogP contribution is 2.38. The summed E-state index contributed by atoms with van der Waals surface area (Å²) >= 11 is 0. The van der Waals surface area contributed by atoms with E-state index in [0.717, 1.165) is 6.42 Å². The summed E-state index contributed by atoms with van der Waals surface area (Å²) in [7, 11) is 0. The van der Waals surface area contributed by atoms with Crippen LogP contribution >= 0.6 is 0 Å². The first-order valence-electron chi connectivity index (χ1n) is 4.99. The maximum absolute atomic E-state index is 6.25. The highest BCUT2D eigenvalue weighted by molar-refractivity contribution is 5.37. The summed E-state index contributed by atoms with van der Waals surface area (Å²) in [5, 5.41) is 0. The van der Waals surface area contributed by atoms with Gasteiger partial charge in [0.1, 0.15) is 0 Å². The number of benzene rings is 1. The lowest BCUT2D eigenvalue weighted by Gasteiger charge is -2.35. The van der Waals surface area contributed by atoms with Gasteiger partial charge in [0.25, 0.3) is 0 Å². The van der Waals surface area contributed by atoms with Crippen LogP contribution in [0.1, 0.15) is 43.7 Å². The first-order chi connectivity index (χ1) is 6.11. The van der Waals surface area contributed by atoms with E-state index in [1.807, 2.05) is 0 Å². The van der Waals surface area contributed by atoms with Crippen LogP contribution in [-0.2, 0) is 5.54 Å². The molecule has 0 heterocycles. The monoisotopic (exact) mass is 175 g/mol. The molecule has 0 saturated heterocycles. The van der Waals surface area contributed by atoms with Crippen molar-refractivity contribution in [1.29, 1.82) is 0 Å². The van der Waals surface area contributed by atoms with Gasteiger partial charge in [-0.15, -0.1) is 0 Å². The van der Waals surface area contributed by atoms with Gasteiger partial charge in [-0.05, 0) is 36.8 Å². The molecule has 0 bridgehead atoms. The largest absolute Gasteiger partial charge is 0.322 e. The van der Waals surface area contributed by atoms with Crippen LogP contribution in [0.25, 0.3) is 0 Å². The zero-order chi connectivity index (χ0) is 9.47. The van der Waals surface area contributed by atoms with E-state index in [4.69, 9.17) is 5.73 Å². The van der Waals surface area contributed by atoms with Gasteiger partial charge in [0.15, 0.2) is 0 Å². The molecule has 1 aliphatic carbocycles. The smallest absolute Gasteiger partial charge is 0.0384 e. The summed E-state index contributed by atoms with van der Waals surface area (Å²) < 4.78 is 0. The molecule has 1 heteroatoms. The Hall–Kier alpha value is -0.820. The van der Waals surface area contributed by atoms with Crippen molar-refractivity contribution in [3.05, 3.63) is 35.4 Å². The molecule has 2 rings (SSSR count). The van der Waals surface area contributed by atoms with Crippen molar-refractivity contribution in [3.8, 4) is 0 Å². The van der Waals surface area contributed by atoms with Crippen molar-refractivity contribution < 1.29 is 0 Å². The first kappa shape index (κ1) is 8.76. The second-order valence-electron chi connectivity index (χ2n) is 4.44. The molecule has 1 aliphatic rings. The summed E-state index contributed by atoms with van der Waals surface area (Å²) in [6.07, 6.45) is 2.31. The van der Waals surface area contributed by atoms with Gasteiger partial charge in [0, 0.05) is 5.54 Å². The van der Waals surface area contributed by atoms with Crippen molar-refractivity contribution in [3.63, 3.8) is 0 Å². The van der Waals surface area contributed by atoms with E-state index < -0.39 is 0 Å². The predicted octanol–water partition coefficient (Wildman–Crippen LogP) is 2.76. The molecule has 0 fully saturated rings. The molecule has 2 unspecified atom stereocenters. The second kappa shape index (κ2) is 2.85. The average molecular weight is 175 g/mol. The lowest BCUT2D eigenvalue weighted by Crippen LogP contribution is -2.37. The van der Waals surface area contributed by atoms with Gasteiger partial charge < -0.3 is 5.73 Å². The predicted molar refractivity (Wildman–Crippen MR) is 55.6 cm³/mol. The second-order valence-corrected chi connectivity index (χ2v) is 4.44. The third-order valence-electron chi connectivity index (χ3n) is 3.20. The van der Waals surface area contributed by atoms with E-state index in [9.17, 15) is 0 Å². The molecule has 1 nitrogen and oxygen atoms in total. The minimum absolute atomic E-state index is 0.108. The maximum Gasteiger partial charge on any atom is 0.0384 e. The van der Waals surface area contributed by atoms with Gasteiger partial charge in [-0.1, -0.05) is 31.2 Å². The average Bonchev–Trinajstić information content (AvgIpc) is 2.13. The number of rotatable bonds is 0. The Bertz CT molecular complexity index is 315. The fourth-order valence-electron chi connectivity index (χ4n) is 2.25. The highest BCUT2D eigenvalue weighted by Gasteiger charge is 2.30. The van der Waals surface area contributed by atoms with Crippen molar-refractivity contribution in [2.45, 2.75) is 38.1 Å². The van der Waals surface area contributed by atoms with Crippen LogP contribution in [0.3, 0.4) is 0 Å². The molecule has 2 atom stereocenters. The highest BCUT2D eigenvalue weighted by atomic mass is 14.7. The van der Waals surface area contributed by atoms with Gasteiger partial charge in [-0.25, -0.2) is 0 Å². The van der Waals surface area contributed by atoms with Crippen molar-refractivity contribution in [2.24, 2.45) is 5.73 Å². The van der Waals surface area contributed by atoms with Gasteiger partial charge >= 0.3 is 0 Å². The van der Waals surface area contributed by atoms with Gasteiger partial charge in [-0.3, -0.25) is 0 Å². The molecule has 2 N–H and O–H groups in total. The SMILES string of the molecule is CC1CCC(C)(N)c2ccccc21. The molecule has 13 heavy (non-hydrogen) atoms. The molecule has 1 aromatic carbocycles. The molecule has 0 aromatic heterocycles. The lowest BCUT2D eigenvalue weighted by molar-refractivity contribution is 0.383. The van der Waals surface area contributed by atoms with E-state index in [-0.39, 0.29) is 5.54 Å². The number of nitrogens with two attached hydrogens (primary N) is 1. The van der Waals surface area contributed by atoms with Crippen LogP contribution in [0.4, 0.5) is 0 Å². The van der Waals surface area contributed by atoms with Crippen molar-refractivity contribution in [2.75, 3.05) is 0 Å². The van der Waals surface area contributed by atoms with Crippen LogP contribution in [-0.4, -0.2) is 0 Å². The fourth-order valence-corrected chi connectivity index (χ4v) is 2.25. The Morgan fingerprint density at radius 3 is 2.77 bits per heavy atom. The number of fused-ring (bicyclic) bond motifs is 1. The Labute approximate surface area is 80.0 Å². The maximum atomic E-state index is 6.25. The quantitative estimate of drug-likeness (QED) is 0.644.